The molecule has 0 saturated heterocycles. The standard InChI is InChI=1S/C15H16N2O/c1-13(14-8-4-2-5-9-14)16-15(18)12-17-10-6-3-7-11-17/h2-11,13H,12H2,1H3/p+1/t13-/m0/s1. The van der Waals surface area contributed by atoms with Crippen molar-refractivity contribution in [3.05, 3.63) is 66.5 Å². The van der Waals surface area contributed by atoms with E-state index in [0.717, 1.165) is 5.56 Å². The van der Waals surface area contributed by atoms with Gasteiger partial charge in [0.2, 0.25) is 6.54 Å². The Hall–Kier alpha value is -2.16. The average Bonchev–Trinajstić information content (AvgIpc) is 2.40. The molecule has 0 aliphatic rings. The van der Waals surface area contributed by atoms with Gasteiger partial charge in [-0.2, -0.15) is 4.57 Å². The average molecular weight is 241 g/mol. The minimum Gasteiger partial charge on any atom is -0.344 e. The van der Waals surface area contributed by atoms with Crippen LogP contribution in [0, 0.1) is 0 Å². The van der Waals surface area contributed by atoms with Crippen LogP contribution in [0.2, 0.25) is 0 Å². The Labute approximate surface area is 107 Å². The third-order valence-corrected chi connectivity index (χ3v) is 2.78. The van der Waals surface area contributed by atoms with E-state index in [2.05, 4.69) is 5.32 Å². The fourth-order valence-electron chi connectivity index (χ4n) is 1.82. The lowest BCUT2D eigenvalue weighted by Gasteiger charge is -2.12. The SMILES string of the molecule is C[C@H](NC(=O)C[n+]1ccccc1)c1ccccc1. The third-order valence-electron chi connectivity index (χ3n) is 2.78. The van der Waals surface area contributed by atoms with Crippen LogP contribution in [-0.4, -0.2) is 5.91 Å². The first-order valence-electron chi connectivity index (χ1n) is 6.04. The number of benzene rings is 1. The molecule has 0 unspecified atom stereocenters. The maximum absolute atomic E-state index is 11.9. The normalized spacial score (nSPS) is 11.8. The summed E-state index contributed by atoms with van der Waals surface area (Å²) in [4.78, 5) is 11.9. The second-order valence-corrected chi connectivity index (χ2v) is 4.25. The Morgan fingerprint density at radius 2 is 1.72 bits per heavy atom. The van der Waals surface area contributed by atoms with Gasteiger partial charge in [0.05, 0.1) is 6.04 Å². The molecule has 0 saturated carbocycles. The van der Waals surface area contributed by atoms with Crippen molar-refractivity contribution in [3.8, 4) is 0 Å². The van der Waals surface area contributed by atoms with Gasteiger partial charge in [-0.25, -0.2) is 0 Å². The molecule has 1 atom stereocenters. The maximum Gasteiger partial charge on any atom is 0.286 e. The Morgan fingerprint density at radius 3 is 2.39 bits per heavy atom. The monoisotopic (exact) mass is 241 g/mol. The van der Waals surface area contributed by atoms with E-state index in [1.165, 1.54) is 0 Å². The van der Waals surface area contributed by atoms with Crippen LogP contribution in [0.5, 0.6) is 0 Å². The molecule has 0 radical (unpaired) electrons. The van der Waals surface area contributed by atoms with Gasteiger partial charge in [-0.3, -0.25) is 4.79 Å². The molecule has 92 valence electrons. The van der Waals surface area contributed by atoms with Gasteiger partial charge in [0.25, 0.3) is 5.91 Å². The zero-order valence-corrected chi connectivity index (χ0v) is 10.4. The van der Waals surface area contributed by atoms with Crippen LogP contribution in [0.3, 0.4) is 0 Å². The second-order valence-electron chi connectivity index (χ2n) is 4.25. The Kier molecular flexibility index (Phi) is 4.07. The molecule has 3 heteroatoms. The summed E-state index contributed by atoms with van der Waals surface area (Å²) in [6.07, 6.45) is 3.76. The maximum atomic E-state index is 11.9. The Balaban J connectivity index is 1.92. The first-order valence-corrected chi connectivity index (χ1v) is 6.04. The fraction of sp³-hybridized carbons (Fsp3) is 0.200. The van der Waals surface area contributed by atoms with Crippen molar-refractivity contribution in [2.75, 3.05) is 0 Å². The molecule has 0 aliphatic carbocycles. The summed E-state index contributed by atoms with van der Waals surface area (Å²) in [6, 6.07) is 15.7. The summed E-state index contributed by atoms with van der Waals surface area (Å²) in [5.74, 6) is 0.0163. The lowest BCUT2D eigenvalue weighted by atomic mass is 10.1. The number of rotatable bonds is 4. The highest BCUT2D eigenvalue weighted by Crippen LogP contribution is 2.10. The molecule has 2 rings (SSSR count). The van der Waals surface area contributed by atoms with E-state index in [1.54, 1.807) is 0 Å². The largest absolute Gasteiger partial charge is 0.344 e. The van der Waals surface area contributed by atoms with Crippen molar-refractivity contribution in [3.63, 3.8) is 0 Å². The Bertz CT molecular complexity index is 496. The number of amides is 1. The third kappa shape index (κ3) is 3.42. The van der Waals surface area contributed by atoms with Gasteiger partial charge in [0.15, 0.2) is 12.4 Å². The van der Waals surface area contributed by atoms with Crippen LogP contribution < -0.4 is 9.88 Å². The minimum absolute atomic E-state index is 0.0163. The summed E-state index contributed by atoms with van der Waals surface area (Å²) in [6.45, 7) is 2.33. The van der Waals surface area contributed by atoms with Crippen molar-refractivity contribution >= 4 is 5.91 Å². The first-order chi connectivity index (χ1) is 8.75. The number of hydrogen-bond acceptors (Lipinski definition) is 1. The molecule has 0 fully saturated rings. The van der Waals surface area contributed by atoms with Gasteiger partial charge in [0, 0.05) is 12.1 Å². The molecule has 1 N–H and O–H groups in total. The smallest absolute Gasteiger partial charge is 0.286 e. The molecule has 3 nitrogen and oxygen atoms in total. The highest BCUT2D eigenvalue weighted by atomic mass is 16.2. The highest BCUT2D eigenvalue weighted by Gasteiger charge is 2.12. The lowest BCUT2D eigenvalue weighted by Crippen LogP contribution is -2.42. The molecule has 1 aromatic carbocycles. The lowest BCUT2D eigenvalue weighted by molar-refractivity contribution is -0.684. The van der Waals surface area contributed by atoms with Gasteiger partial charge in [0.1, 0.15) is 0 Å². The molecular formula is C15H17N2O+. The van der Waals surface area contributed by atoms with E-state index in [1.807, 2.05) is 72.4 Å². The quantitative estimate of drug-likeness (QED) is 0.814. The van der Waals surface area contributed by atoms with E-state index >= 15 is 0 Å². The molecule has 0 bridgehead atoms. The molecule has 0 spiro atoms. The number of carbonyl (C=O) groups is 1. The van der Waals surface area contributed by atoms with Crippen LogP contribution in [0.25, 0.3) is 0 Å². The van der Waals surface area contributed by atoms with Gasteiger partial charge in [-0.05, 0) is 12.5 Å². The number of nitrogens with zero attached hydrogens (tertiary/aromatic N) is 1. The number of hydrogen-bond donors (Lipinski definition) is 1. The first kappa shape index (κ1) is 12.3. The van der Waals surface area contributed by atoms with E-state index in [-0.39, 0.29) is 11.9 Å². The van der Waals surface area contributed by atoms with Crippen LogP contribution in [0.4, 0.5) is 0 Å². The fourth-order valence-corrected chi connectivity index (χ4v) is 1.82. The predicted molar refractivity (Wildman–Crippen MR) is 69.6 cm³/mol. The van der Waals surface area contributed by atoms with Crippen molar-refractivity contribution in [1.82, 2.24) is 5.32 Å². The van der Waals surface area contributed by atoms with Crippen LogP contribution in [0.1, 0.15) is 18.5 Å². The van der Waals surface area contributed by atoms with Crippen molar-refractivity contribution in [2.45, 2.75) is 19.5 Å². The highest BCUT2D eigenvalue weighted by molar-refractivity contribution is 5.74. The second kappa shape index (κ2) is 5.96. The van der Waals surface area contributed by atoms with Crippen molar-refractivity contribution in [2.24, 2.45) is 0 Å². The molecule has 1 amide bonds. The molecule has 0 aliphatic heterocycles. The number of aromatic nitrogens is 1. The van der Waals surface area contributed by atoms with Crippen molar-refractivity contribution in [1.29, 1.82) is 0 Å². The van der Waals surface area contributed by atoms with E-state index in [4.69, 9.17) is 0 Å². The number of carbonyl (C=O) groups excluding carboxylic acids is 1. The predicted octanol–water partition coefficient (Wildman–Crippen LogP) is 1.85. The van der Waals surface area contributed by atoms with Gasteiger partial charge >= 0.3 is 0 Å². The number of nitrogens with one attached hydrogen (secondary N) is 1. The summed E-state index contributed by atoms with van der Waals surface area (Å²) in [5, 5.41) is 2.98. The van der Waals surface area contributed by atoms with E-state index in [9.17, 15) is 4.79 Å². The van der Waals surface area contributed by atoms with Gasteiger partial charge in [-0.15, -0.1) is 0 Å². The summed E-state index contributed by atoms with van der Waals surface area (Å²) in [5.41, 5.74) is 1.11. The summed E-state index contributed by atoms with van der Waals surface area (Å²) in [7, 11) is 0. The summed E-state index contributed by atoms with van der Waals surface area (Å²) < 4.78 is 1.85. The van der Waals surface area contributed by atoms with Crippen LogP contribution in [0.15, 0.2) is 60.9 Å². The van der Waals surface area contributed by atoms with Crippen LogP contribution in [-0.2, 0) is 11.3 Å². The van der Waals surface area contributed by atoms with E-state index in [0.29, 0.717) is 6.54 Å². The van der Waals surface area contributed by atoms with Crippen molar-refractivity contribution < 1.29 is 9.36 Å². The topological polar surface area (TPSA) is 33.0 Å². The van der Waals surface area contributed by atoms with Gasteiger partial charge in [-0.1, -0.05) is 36.4 Å². The molecular weight excluding hydrogens is 224 g/mol. The molecule has 1 heterocycles. The minimum atomic E-state index is 0.0163. The number of pyridine rings is 1. The van der Waals surface area contributed by atoms with E-state index < -0.39 is 0 Å². The van der Waals surface area contributed by atoms with Gasteiger partial charge < -0.3 is 5.32 Å². The zero-order chi connectivity index (χ0) is 12.8. The molecule has 1 aromatic heterocycles. The Morgan fingerprint density at radius 1 is 1.11 bits per heavy atom. The van der Waals surface area contributed by atoms with Crippen LogP contribution >= 0.6 is 0 Å². The summed E-state index contributed by atoms with van der Waals surface area (Å²) >= 11 is 0. The molecule has 18 heavy (non-hydrogen) atoms. The zero-order valence-electron chi connectivity index (χ0n) is 10.4. The molecule has 2 aromatic rings.